The van der Waals surface area contributed by atoms with Crippen LogP contribution < -0.4 is 15.4 Å². The van der Waals surface area contributed by atoms with Gasteiger partial charge in [0.1, 0.15) is 11.3 Å². The molecule has 2 heterocycles. The maximum absolute atomic E-state index is 12.4. The molecule has 3 aromatic rings. The zero-order chi connectivity index (χ0) is 22.6. The van der Waals surface area contributed by atoms with Gasteiger partial charge in [0.05, 0.1) is 17.3 Å². The lowest BCUT2D eigenvalue weighted by atomic mass is 9.89. The van der Waals surface area contributed by atoms with E-state index in [1.54, 1.807) is 7.11 Å². The van der Waals surface area contributed by atoms with Gasteiger partial charge >= 0.3 is 0 Å². The van der Waals surface area contributed by atoms with Gasteiger partial charge in [-0.25, -0.2) is 4.98 Å². The predicted octanol–water partition coefficient (Wildman–Crippen LogP) is 3.94. The van der Waals surface area contributed by atoms with Crippen LogP contribution in [-0.2, 0) is 21.5 Å². The van der Waals surface area contributed by atoms with Gasteiger partial charge in [0, 0.05) is 19.8 Å². The Morgan fingerprint density at radius 2 is 1.97 bits per heavy atom. The summed E-state index contributed by atoms with van der Waals surface area (Å²) in [5.41, 5.74) is 0.216. The van der Waals surface area contributed by atoms with Crippen LogP contribution in [0.4, 0.5) is 5.13 Å². The number of aromatic nitrogens is 3. The highest BCUT2D eigenvalue weighted by Gasteiger charge is 2.38. The van der Waals surface area contributed by atoms with E-state index in [0.29, 0.717) is 23.3 Å². The van der Waals surface area contributed by atoms with Gasteiger partial charge in [0.2, 0.25) is 17.7 Å². The van der Waals surface area contributed by atoms with Crippen molar-refractivity contribution < 1.29 is 18.8 Å². The zero-order valence-electron chi connectivity index (χ0n) is 18.3. The van der Waals surface area contributed by atoms with E-state index in [2.05, 4.69) is 25.8 Å². The van der Waals surface area contributed by atoms with Crippen molar-refractivity contribution in [3.63, 3.8) is 0 Å². The van der Waals surface area contributed by atoms with E-state index in [0.717, 1.165) is 54.5 Å². The summed E-state index contributed by atoms with van der Waals surface area (Å²) in [4.78, 5) is 33.2. The first-order valence-electron chi connectivity index (χ1n) is 10.8. The lowest BCUT2D eigenvalue weighted by Gasteiger charge is -2.30. The number of rotatable bonds is 7. The molecular formula is C22H27N5O4S. The van der Waals surface area contributed by atoms with Crippen molar-refractivity contribution in [2.45, 2.75) is 63.8 Å². The fourth-order valence-corrected chi connectivity index (χ4v) is 5.02. The third-order valence-corrected chi connectivity index (χ3v) is 6.61. The van der Waals surface area contributed by atoms with Crippen LogP contribution in [0.5, 0.6) is 5.75 Å². The number of amides is 2. The molecule has 9 nitrogen and oxygen atoms in total. The first-order chi connectivity index (χ1) is 15.5. The van der Waals surface area contributed by atoms with Gasteiger partial charge in [-0.1, -0.05) is 42.2 Å². The van der Waals surface area contributed by atoms with Crippen molar-refractivity contribution in [3.8, 4) is 5.75 Å². The minimum absolute atomic E-state index is 0.105. The molecule has 1 aliphatic rings. The number of ether oxygens (including phenoxy) is 1. The van der Waals surface area contributed by atoms with Crippen molar-refractivity contribution in [2.24, 2.45) is 0 Å². The molecule has 2 aromatic heterocycles. The number of hydrogen-bond donors (Lipinski definition) is 2. The largest absolute Gasteiger partial charge is 0.497 e. The first-order valence-corrected chi connectivity index (χ1v) is 11.7. The summed E-state index contributed by atoms with van der Waals surface area (Å²) in [6.07, 6.45) is 6.33. The fraction of sp³-hybridized carbons (Fsp3) is 0.500. The van der Waals surface area contributed by atoms with E-state index in [9.17, 15) is 9.59 Å². The lowest BCUT2D eigenvalue weighted by molar-refractivity contribution is -0.121. The lowest BCUT2D eigenvalue weighted by Crippen LogP contribution is -2.45. The van der Waals surface area contributed by atoms with Gasteiger partial charge in [-0.2, -0.15) is 4.98 Å². The van der Waals surface area contributed by atoms with E-state index in [-0.39, 0.29) is 18.2 Å². The van der Waals surface area contributed by atoms with Crippen molar-refractivity contribution in [1.82, 2.24) is 20.4 Å². The molecule has 0 atom stereocenters. The first kappa shape index (κ1) is 22.2. The summed E-state index contributed by atoms with van der Waals surface area (Å²) in [7, 11) is 1.61. The normalized spacial score (nSPS) is 15.8. The van der Waals surface area contributed by atoms with Crippen LogP contribution in [0.15, 0.2) is 22.7 Å². The Bertz CT molecular complexity index is 1100. The van der Waals surface area contributed by atoms with Crippen LogP contribution in [0.3, 0.4) is 0 Å². The Kier molecular flexibility index (Phi) is 6.69. The monoisotopic (exact) mass is 457 g/mol. The molecule has 170 valence electrons. The summed E-state index contributed by atoms with van der Waals surface area (Å²) in [6.45, 7) is 1.51. The second kappa shape index (κ2) is 9.64. The molecule has 32 heavy (non-hydrogen) atoms. The van der Waals surface area contributed by atoms with Crippen molar-refractivity contribution >= 4 is 38.5 Å². The molecule has 1 fully saturated rings. The number of methoxy groups -OCH3 is 1. The number of hydrogen-bond acceptors (Lipinski definition) is 8. The number of aryl methyl sites for hydroxylation is 1. The smallest absolute Gasteiger partial charge is 0.227 e. The summed E-state index contributed by atoms with van der Waals surface area (Å²) in [5.74, 6) is 1.35. The predicted molar refractivity (Wildman–Crippen MR) is 121 cm³/mol. The Labute approximate surface area is 189 Å². The molecular weight excluding hydrogens is 430 g/mol. The molecule has 0 radical (unpaired) electrons. The number of fused-ring (bicyclic) bond motifs is 1. The summed E-state index contributed by atoms with van der Waals surface area (Å²) in [6, 6.07) is 5.59. The molecule has 0 spiro atoms. The third-order valence-electron chi connectivity index (χ3n) is 5.68. The van der Waals surface area contributed by atoms with E-state index >= 15 is 0 Å². The molecule has 0 aliphatic heterocycles. The van der Waals surface area contributed by atoms with Gasteiger partial charge in [-0.15, -0.1) is 0 Å². The Morgan fingerprint density at radius 3 is 2.69 bits per heavy atom. The standard InChI is InChI=1S/C22H27N5O4S/c1-14(28)26-22(11-5-3-4-6-12-22)20-25-19(31-27-20)10-9-18(29)24-21-23-16-8-7-15(30-2)13-17(16)32-21/h7-8,13H,3-6,9-12H2,1-2H3,(H,26,28)(H,23,24,29). The van der Waals surface area contributed by atoms with Gasteiger partial charge in [-0.3, -0.25) is 9.59 Å². The Hall–Kier alpha value is -3.01. The average Bonchev–Trinajstić information content (AvgIpc) is 3.33. The third kappa shape index (κ3) is 5.07. The summed E-state index contributed by atoms with van der Waals surface area (Å²) in [5, 5.41) is 10.6. The molecule has 4 rings (SSSR count). The van der Waals surface area contributed by atoms with Crippen molar-refractivity contribution in [3.05, 3.63) is 29.9 Å². The Balaban J connectivity index is 1.39. The highest BCUT2D eigenvalue weighted by molar-refractivity contribution is 7.22. The number of nitrogens with zero attached hydrogens (tertiary/aromatic N) is 3. The minimum atomic E-state index is -0.589. The number of benzene rings is 1. The molecule has 2 N–H and O–H groups in total. The van der Waals surface area contributed by atoms with Gasteiger partial charge < -0.3 is 19.9 Å². The number of carbonyl (C=O) groups is 2. The van der Waals surface area contributed by atoms with E-state index in [1.165, 1.54) is 18.3 Å². The number of carbonyl (C=O) groups excluding carboxylic acids is 2. The van der Waals surface area contributed by atoms with Crippen LogP contribution in [-0.4, -0.2) is 34.0 Å². The quantitative estimate of drug-likeness (QED) is 0.516. The highest BCUT2D eigenvalue weighted by atomic mass is 32.1. The minimum Gasteiger partial charge on any atom is -0.497 e. The number of thiazole rings is 1. The van der Waals surface area contributed by atoms with Gasteiger partial charge in [-0.05, 0) is 31.0 Å². The summed E-state index contributed by atoms with van der Waals surface area (Å²) >= 11 is 1.39. The van der Waals surface area contributed by atoms with Gasteiger partial charge in [0.15, 0.2) is 11.0 Å². The van der Waals surface area contributed by atoms with E-state index in [1.807, 2.05) is 18.2 Å². The molecule has 0 unspecified atom stereocenters. The van der Waals surface area contributed by atoms with Crippen LogP contribution in [0.1, 0.15) is 63.6 Å². The van der Waals surface area contributed by atoms with Gasteiger partial charge in [0.25, 0.3) is 0 Å². The molecule has 10 heteroatoms. The molecule has 2 amide bonds. The van der Waals surface area contributed by atoms with E-state index < -0.39 is 5.54 Å². The molecule has 1 aliphatic carbocycles. The number of nitrogens with one attached hydrogen (secondary N) is 2. The SMILES string of the molecule is COc1ccc2nc(NC(=O)CCc3nc(C4(NC(C)=O)CCCCCC4)no3)sc2c1. The topological polar surface area (TPSA) is 119 Å². The molecule has 1 saturated carbocycles. The van der Waals surface area contributed by atoms with Crippen LogP contribution in [0, 0.1) is 0 Å². The van der Waals surface area contributed by atoms with Crippen LogP contribution >= 0.6 is 11.3 Å². The zero-order valence-corrected chi connectivity index (χ0v) is 19.1. The van der Waals surface area contributed by atoms with Crippen LogP contribution in [0.25, 0.3) is 10.2 Å². The van der Waals surface area contributed by atoms with E-state index in [4.69, 9.17) is 9.26 Å². The molecule has 0 bridgehead atoms. The molecule has 0 saturated heterocycles. The maximum Gasteiger partial charge on any atom is 0.227 e. The second-order valence-corrected chi connectivity index (χ2v) is 9.12. The fourth-order valence-electron chi connectivity index (χ4n) is 4.11. The van der Waals surface area contributed by atoms with Crippen molar-refractivity contribution in [2.75, 3.05) is 12.4 Å². The van der Waals surface area contributed by atoms with Crippen molar-refractivity contribution in [1.29, 1.82) is 0 Å². The Morgan fingerprint density at radius 1 is 1.19 bits per heavy atom. The maximum atomic E-state index is 12.4. The second-order valence-electron chi connectivity index (χ2n) is 8.09. The average molecular weight is 458 g/mol. The van der Waals surface area contributed by atoms with Crippen LogP contribution in [0.2, 0.25) is 0 Å². The highest BCUT2D eigenvalue weighted by Crippen LogP contribution is 2.35. The summed E-state index contributed by atoms with van der Waals surface area (Å²) < 4.78 is 11.6. The number of anilines is 1. The molecule has 1 aromatic carbocycles.